The quantitative estimate of drug-likeness (QED) is 0.638. The summed E-state index contributed by atoms with van der Waals surface area (Å²) in [7, 11) is 0. The highest BCUT2D eigenvalue weighted by atomic mass is 127. The van der Waals surface area contributed by atoms with Gasteiger partial charge in [0, 0.05) is 22.7 Å². The topological polar surface area (TPSA) is 73.4 Å². The Balaban J connectivity index is 1.47. The molecule has 1 spiro atoms. The Morgan fingerprint density at radius 3 is 2.81 bits per heavy atom. The van der Waals surface area contributed by atoms with Crippen LogP contribution < -0.4 is 5.73 Å². The normalized spacial score (nSPS) is 25.7. The van der Waals surface area contributed by atoms with E-state index in [0.29, 0.717) is 12.0 Å². The number of amides is 1. The number of fused-ring (bicyclic) bond motifs is 1. The molecule has 2 N–H and O–H groups in total. The van der Waals surface area contributed by atoms with Crippen LogP contribution in [-0.4, -0.2) is 39.2 Å². The third-order valence-corrected chi connectivity index (χ3v) is 6.36. The number of nitrogen functional groups attached to an aromatic ring is 1. The van der Waals surface area contributed by atoms with Crippen LogP contribution >= 0.6 is 22.6 Å². The molecule has 0 atom stereocenters. The molecule has 7 heteroatoms. The molecular formula is C19H25IN4O2. The molecule has 4 rings (SSSR count). The maximum absolute atomic E-state index is 12.3. The van der Waals surface area contributed by atoms with Gasteiger partial charge in [-0.25, -0.2) is 9.78 Å². The van der Waals surface area contributed by atoms with Crippen LogP contribution in [0.1, 0.15) is 46.1 Å². The lowest BCUT2D eigenvalue weighted by Gasteiger charge is -2.46. The fourth-order valence-electron chi connectivity index (χ4n) is 4.36. The van der Waals surface area contributed by atoms with Crippen molar-refractivity contribution in [2.45, 2.75) is 51.7 Å². The number of anilines is 1. The second-order valence-electron chi connectivity index (χ2n) is 8.66. The van der Waals surface area contributed by atoms with Gasteiger partial charge in [-0.05, 0) is 80.2 Å². The predicted octanol–water partition coefficient (Wildman–Crippen LogP) is 4.19. The van der Waals surface area contributed by atoms with Gasteiger partial charge < -0.3 is 19.9 Å². The van der Waals surface area contributed by atoms with Gasteiger partial charge in [0.25, 0.3) is 0 Å². The number of imidazole rings is 1. The number of nitrogens with zero attached hydrogens (tertiary/aromatic N) is 3. The molecule has 1 amide bonds. The summed E-state index contributed by atoms with van der Waals surface area (Å²) in [5.74, 6) is 0.589. The van der Waals surface area contributed by atoms with Crippen LogP contribution in [0.25, 0.3) is 11.0 Å². The molecule has 2 aliphatic rings. The molecule has 1 saturated carbocycles. The van der Waals surface area contributed by atoms with Crippen molar-refractivity contribution in [2.24, 2.45) is 5.41 Å². The minimum absolute atomic E-state index is 0.194. The zero-order valence-corrected chi connectivity index (χ0v) is 17.6. The summed E-state index contributed by atoms with van der Waals surface area (Å²) in [4.78, 5) is 18.8. The molecule has 1 saturated heterocycles. The van der Waals surface area contributed by atoms with Gasteiger partial charge in [-0.3, -0.25) is 0 Å². The van der Waals surface area contributed by atoms with Crippen molar-refractivity contribution in [3.8, 4) is 0 Å². The second-order valence-corrected chi connectivity index (χ2v) is 9.82. The molecule has 0 unspecified atom stereocenters. The van der Waals surface area contributed by atoms with E-state index >= 15 is 0 Å². The molecule has 0 radical (unpaired) electrons. The first-order valence-corrected chi connectivity index (χ1v) is 10.2. The van der Waals surface area contributed by atoms with Crippen LogP contribution in [0.2, 0.25) is 0 Å². The lowest BCUT2D eigenvalue weighted by molar-refractivity contribution is 0.0200. The molecule has 2 fully saturated rings. The van der Waals surface area contributed by atoms with Crippen LogP contribution in [0, 0.1) is 8.99 Å². The molecule has 1 aliphatic heterocycles. The summed E-state index contributed by atoms with van der Waals surface area (Å²) in [6.07, 6.45) is 2.91. The van der Waals surface area contributed by atoms with Crippen molar-refractivity contribution in [3.05, 3.63) is 21.8 Å². The molecular weight excluding hydrogens is 443 g/mol. The first kappa shape index (κ1) is 17.9. The molecule has 6 nitrogen and oxygen atoms in total. The Bertz CT molecular complexity index is 864. The minimum atomic E-state index is -0.448. The maximum Gasteiger partial charge on any atom is 0.410 e. The minimum Gasteiger partial charge on any atom is -0.444 e. The Morgan fingerprint density at radius 1 is 1.38 bits per heavy atom. The second kappa shape index (κ2) is 6.00. The number of aromatic nitrogens is 2. The van der Waals surface area contributed by atoms with Crippen LogP contribution in [0.4, 0.5) is 10.7 Å². The zero-order chi connectivity index (χ0) is 18.7. The van der Waals surface area contributed by atoms with E-state index < -0.39 is 5.60 Å². The lowest BCUT2D eigenvalue weighted by atomic mass is 9.65. The van der Waals surface area contributed by atoms with Gasteiger partial charge in [-0.1, -0.05) is 6.07 Å². The molecule has 2 aromatic rings. The van der Waals surface area contributed by atoms with Crippen molar-refractivity contribution >= 4 is 45.7 Å². The number of carbonyl (C=O) groups excluding carboxylic acids is 1. The van der Waals surface area contributed by atoms with E-state index in [1.807, 2.05) is 25.7 Å². The van der Waals surface area contributed by atoms with Gasteiger partial charge in [-0.15, -0.1) is 0 Å². The van der Waals surface area contributed by atoms with Crippen LogP contribution in [0.3, 0.4) is 0 Å². The number of likely N-dealkylation sites (tertiary alicyclic amines) is 1. The monoisotopic (exact) mass is 468 g/mol. The van der Waals surface area contributed by atoms with E-state index in [2.05, 4.69) is 50.3 Å². The summed E-state index contributed by atoms with van der Waals surface area (Å²) >= 11 is 2.30. The highest BCUT2D eigenvalue weighted by Gasteiger charge is 2.51. The van der Waals surface area contributed by atoms with E-state index in [1.165, 1.54) is 0 Å². The van der Waals surface area contributed by atoms with Gasteiger partial charge in [-0.2, -0.15) is 0 Å². The average Bonchev–Trinajstić information content (AvgIpc) is 3.06. The fraction of sp³-hybridized carbons (Fsp3) is 0.579. The Hall–Kier alpha value is -1.51. The third-order valence-electron chi connectivity index (χ3n) is 5.49. The van der Waals surface area contributed by atoms with Gasteiger partial charge >= 0.3 is 6.09 Å². The molecule has 140 valence electrons. The SMILES string of the molecule is CC(C)(C)OC(=O)N1CC[C@]2(C1)C[C@H](n1c(N)nc3c(I)cccc31)C2. The summed E-state index contributed by atoms with van der Waals surface area (Å²) in [5, 5.41) is 0. The number of ether oxygens (including phenoxy) is 1. The average molecular weight is 468 g/mol. The van der Waals surface area contributed by atoms with Gasteiger partial charge in [0.15, 0.2) is 0 Å². The van der Waals surface area contributed by atoms with Gasteiger partial charge in [0.05, 0.1) is 5.52 Å². The predicted molar refractivity (Wildman–Crippen MR) is 110 cm³/mol. The molecule has 1 aliphatic carbocycles. The molecule has 26 heavy (non-hydrogen) atoms. The summed E-state index contributed by atoms with van der Waals surface area (Å²) in [6.45, 7) is 7.28. The van der Waals surface area contributed by atoms with Crippen molar-refractivity contribution in [3.63, 3.8) is 0 Å². The number of carbonyl (C=O) groups is 1. The maximum atomic E-state index is 12.3. The molecule has 1 aromatic heterocycles. The van der Waals surface area contributed by atoms with E-state index in [9.17, 15) is 4.79 Å². The third kappa shape index (κ3) is 3.04. The summed E-state index contributed by atoms with van der Waals surface area (Å²) in [6, 6.07) is 6.55. The van der Waals surface area contributed by atoms with E-state index in [0.717, 1.165) is 47.0 Å². The number of nitrogens with two attached hydrogens (primary N) is 1. The van der Waals surface area contributed by atoms with Crippen LogP contribution in [0.15, 0.2) is 18.2 Å². The van der Waals surface area contributed by atoms with Crippen molar-refractivity contribution < 1.29 is 9.53 Å². The highest BCUT2D eigenvalue weighted by molar-refractivity contribution is 14.1. The Labute approximate surface area is 167 Å². The molecule has 1 aromatic carbocycles. The number of halogens is 1. The first-order valence-electron chi connectivity index (χ1n) is 9.07. The van der Waals surface area contributed by atoms with E-state index in [-0.39, 0.29) is 11.5 Å². The Kier molecular flexibility index (Phi) is 4.13. The van der Waals surface area contributed by atoms with E-state index in [1.54, 1.807) is 0 Å². The number of hydrogen-bond acceptors (Lipinski definition) is 4. The Morgan fingerprint density at radius 2 is 2.12 bits per heavy atom. The largest absolute Gasteiger partial charge is 0.444 e. The van der Waals surface area contributed by atoms with Gasteiger partial charge in [0.2, 0.25) is 5.95 Å². The summed E-state index contributed by atoms with van der Waals surface area (Å²) < 4.78 is 8.82. The van der Waals surface area contributed by atoms with Crippen molar-refractivity contribution in [2.75, 3.05) is 18.8 Å². The lowest BCUT2D eigenvalue weighted by Crippen LogP contribution is -2.43. The van der Waals surface area contributed by atoms with Crippen molar-refractivity contribution in [1.29, 1.82) is 0 Å². The first-order chi connectivity index (χ1) is 12.2. The number of rotatable bonds is 1. The molecule has 2 heterocycles. The summed E-state index contributed by atoms with van der Waals surface area (Å²) in [5.41, 5.74) is 8.07. The number of para-hydroxylation sites is 1. The fourth-order valence-corrected chi connectivity index (χ4v) is 4.96. The van der Waals surface area contributed by atoms with Gasteiger partial charge in [0.1, 0.15) is 11.1 Å². The zero-order valence-electron chi connectivity index (χ0n) is 15.5. The van der Waals surface area contributed by atoms with Crippen LogP contribution in [-0.2, 0) is 4.74 Å². The number of benzene rings is 1. The van der Waals surface area contributed by atoms with E-state index in [4.69, 9.17) is 10.5 Å². The smallest absolute Gasteiger partial charge is 0.410 e. The molecule has 0 bridgehead atoms. The number of hydrogen-bond donors (Lipinski definition) is 1. The highest BCUT2D eigenvalue weighted by Crippen LogP contribution is 2.55. The van der Waals surface area contributed by atoms with Crippen LogP contribution in [0.5, 0.6) is 0 Å². The van der Waals surface area contributed by atoms with Crippen molar-refractivity contribution in [1.82, 2.24) is 14.5 Å². The standard InChI is InChI=1S/C19H25IN4O2/c1-18(2,3)26-17(25)23-8-7-19(11-23)9-12(10-19)24-14-6-4-5-13(20)15(14)22-16(24)21/h4-6,12H,7-11H2,1-3H3,(H2,21,22)/t12-,19-.